The lowest BCUT2D eigenvalue weighted by Gasteiger charge is -2.32. The quantitative estimate of drug-likeness (QED) is 0.907. The van der Waals surface area contributed by atoms with Crippen molar-refractivity contribution < 1.29 is 13.6 Å². The third-order valence-corrected chi connectivity index (χ3v) is 3.13. The topological polar surface area (TPSA) is 58.1 Å². The van der Waals surface area contributed by atoms with E-state index in [1.54, 1.807) is 0 Å². The summed E-state index contributed by atoms with van der Waals surface area (Å²) in [5.74, 6) is -2.81. The van der Waals surface area contributed by atoms with Crippen molar-refractivity contribution in [2.45, 2.75) is 25.3 Å². The summed E-state index contributed by atoms with van der Waals surface area (Å²) in [6.45, 7) is -0.157. The Morgan fingerprint density at radius 2 is 2.21 bits per heavy atom. The van der Waals surface area contributed by atoms with Crippen LogP contribution in [-0.4, -0.2) is 39.9 Å². The van der Waals surface area contributed by atoms with Crippen molar-refractivity contribution in [1.29, 1.82) is 0 Å². The van der Waals surface area contributed by atoms with Crippen LogP contribution in [-0.2, 0) is 6.54 Å². The molecule has 1 fully saturated rings. The van der Waals surface area contributed by atoms with Gasteiger partial charge in [-0.3, -0.25) is 4.98 Å². The van der Waals surface area contributed by atoms with E-state index in [-0.39, 0.29) is 18.1 Å². The van der Waals surface area contributed by atoms with Crippen molar-refractivity contribution in [3.63, 3.8) is 0 Å². The highest BCUT2D eigenvalue weighted by Gasteiger charge is 2.36. The predicted octanol–water partition coefficient (Wildman–Crippen LogP) is 2.07. The minimum Gasteiger partial charge on any atom is -0.332 e. The minimum atomic E-state index is -2.81. The second kappa shape index (κ2) is 5.64. The Morgan fingerprint density at radius 1 is 1.47 bits per heavy atom. The van der Waals surface area contributed by atoms with Gasteiger partial charge in [-0.1, -0.05) is 11.6 Å². The molecule has 0 spiro atoms. The molecule has 1 aliphatic rings. The standard InChI is InChI=1S/C11H13ClF2N4O/c12-9-8(15-3-4-16-9)6-17-10(19)18-5-1-2-11(13,14)7-18/h3-4H,1-2,5-7H2,(H,17,19). The van der Waals surface area contributed by atoms with Crippen molar-refractivity contribution in [2.75, 3.05) is 13.1 Å². The Morgan fingerprint density at radius 3 is 2.89 bits per heavy atom. The van der Waals surface area contributed by atoms with E-state index in [9.17, 15) is 13.6 Å². The van der Waals surface area contributed by atoms with Crippen LogP contribution in [0.2, 0.25) is 5.15 Å². The molecule has 2 rings (SSSR count). The molecular formula is C11H13ClF2N4O. The lowest BCUT2D eigenvalue weighted by atomic mass is 10.1. The number of rotatable bonds is 2. The number of nitrogens with one attached hydrogen (secondary N) is 1. The molecule has 2 heterocycles. The average Bonchev–Trinajstić information content (AvgIpc) is 2.36. The van der Waals surface area contributed by atoms with Gasteiger partial charge >= 0.3 is 6.03 Å². The molecule has 0 aromatic carbocycles. The van der Waals surface area contributed by atoms with Crippen LogP contribution >= 0.6 is 11.6 Å². The number of carbonyl (C=O) groups excluding carboxylic acids is 1. The number of piperidine rings is 1. The smallest absolute Gasteiger partial charge is 0.317 e. The molecule has 104 valence electrons. The minimum absolute atomic E-state index is 0.0631. The molecule has 0 aliphatic carbocycles. The van der Waals surface area contributed by atoms with E-state index in [2.05, 4.69) is 15.3 Å². The molecule has 19 heavy (non-hydrogen) atoms. The van der Waals surface area contributed by atoms with E-state index in [4.69, 9.17) is 11.6 Å². The SMILES string of the molecule is O=C(NCc1nccnc1Cl)N1CCCC(F)(F)C1. The Balaban J connectivity index is 1.90. The Kier molecular flexibility index (Phi) is 4.14. The van der Waals surface area contributed by atoms with Crippen LogP contribution in [0.1, 0.15) is 18.5 Å². The van der Waals surface area contributed by atoms with E-state index >= 15 is 0 Å². The molecule has 2 amide bonds. The van der Waals surface area contributed by atoms with Gasteiger partial charge in [-0.2, -0.15) is 0 Å². The number of aromatic nitrogens is 2. The zero-order valence-electron chi connectivity index (χ0n) is 10.1. The van der Waals surface area contributed by atoms with Crippen LogP contribution in [0.25, 0.3) is 0 Å². The highest BCUT2D eigenvalue weighted by molar-refractivity contribution is 6.29. The molecule has 0 radical (unpaired) electrons. The zero-order valence-corrected chi connectivity index (χ0v) is 10.8. The van der Waals surface area contributed by atoms with Gasteiger partial charge in [-0.15, -0.1) is 0 Å². The highest BCUT2D eigenvalue weighted by Crippen LogP contribution is 2.26. The second-order valence-corrected chi connectivity index (χ2v) is 4.69. The molecule has 5 nitrogen and oxygen atoms in total. The summed E-state index contributed by atoms with van der Waals surface area (Å²) >= 11 is 5.78. The first kappa shape index (κ1) is 13.9. The lowest BCUT2D eigenvalue weighted by Crippen LogP contribution is -2.49. The van der Waals surface area contributed by atoms with Crippen molar-refractivity contribution in [2.24, 2.45) is 0 Å². The molecule has 1 aromatic heterocycles. The predicted molar refractivity (Wildman–Crippen MR) is 65.0 cm³/mol. The third-order valence-electron chi connectivity index (χ3n) is 2.81. The summed E-state index contributed by atoms with van der Waals surface area (Å²) in [6.07, 6.45) is 3.00. The number of halogens is 3. The maximum Gasteiger partial charge on any atom is 0.317 e. The summed E-state index contributed by atoms with van der Waals surface area (Å²) in [5, 5.41) is 2.70. The molecule has 1 aromatic rings. The number of alkyl halides is 2. The first-order valence-corrected chi connectivity index (χ1v) is 6.22. The Hall–Kier alpha value is -1.50. The molecule has 0 saturated carbocycles. The van der Waals surface area contributed by atoms with Crippen molar-refractivity contribution in [1.82, 2.24) is 20.2 Å². The summed E-state index contributed by atoms with van der Waals surface area (Å²) in [4.78, 5) is 20.6. The molecule has 0 bridgehead atoms. The number of hydrogen-bond acceptors (Lipinski definition) is 3. The fraction of sp³-hybridized carbons (Fsp3) is 0.545. The van der Waals surface area contributed by atoms with Crippen molar-refractivity contribution in [3.05, 3.63) is 23.2 Å². The Bertz CT molecular complexity index is 472. The average molecular weight is 291 g/mol. The van der Waals surface area contributed by atoms with Gasteiger partial charge in [-0.05, 0) is 6.42 Å². The molecule has 1 saturated heterocycles. The molecule has 1 N–H and O–H groups in total. The van der Waals surface area contributed by atoms with Crippen molar-refractivity contribution in [3.8, 4) is 0 Å². The number of hydrogen-bond donors (Lipinski definition) is 1. The van der Waals surface area contributed by atoms with Crippen LogP contribution < -0.4 is 5.32 Å². The fourth-order valence-corrected chi connectivity index (χ4v) is 2.05. The number of nitrogens with zero attached hydrogens (tertiary/aromatic N) is 3. The van der Waals surface area contributed by atoms with Gasteiger partial charge in [0, 0.05) is 25.4 Å². The zero-order chi connectivity index (χ0) is 13.9. The van der Waals surface area contributed by atoms with Crippen LogP contribution in [0, 0.1) is 0 Å². The van der Waals surface area contributed by atoms with Gasteiger partial charge in [0.15, 0.2) is 5.15 Å². The Labute approximate surface area is 114 Å². The van der Waals surface area contributed by atoms with Crippen LogP contribution in [0.4, 0.5) is 13.6 Å². The maximum atomic E-state index is 13.2. The number of likely N-dealkylation sites (tertiary alicyclic amines) is 1. The van der Waals surface area contributed by atoms with Gasteiger partial charge in [0.1, 0.15) is 0 Å². The largest absolute Gasteiger partial charge is 0.332 e. The highest BCUT2D eigenvalue weighted by atomic mass is 35.5. The first-order chi connectivity index (χ1) is 8.98. The summed E-state index contributed by atoms with van der Waals surface area (Å²) in [7, 11) is 0. The summed E-state index contributed by atoms with van der Waals surface area (Å²) in [6, 6.07) is -0.541. The summed E-state index contributed by atoms with van der Waals surface area (Å²) in [5.41, 5.74) is 0.404. The summed E-state index contributed by atoms with van der Waals surface area (Å²) < 4.78 is 26.4. The first-order valence-electron chi connectivity index (χ1n) is 5.84. The molecular weight excluding hydrogens is 278 g/mol. The monoisotopic (exact) mass is 290 g/mol. The number of urea groups is 1. The van der Waals surface area contributed by atoms with Crippen LogP contribution in [0.15, 0.2) is 12.4 Å². The third kappa shape index (κ3) is 3.73. The van der Waals surface area contributed by atoms with E-state index in [1.165, 1.54) is 12.4 Å². The molecule has 0 unspecified atom stereocenters. The molecule has 1 aliphatic heterocycles. The van der Waals surface area contributed by atoms with Gasteiger partial charge in [0.25, 0.3) is 5.92 Å². The lowest BCUT2D eigenvalue weighted by molar-refractivity contribution is -0.0523. The van der Waals surface area contributed by atoms with E-state index in [0.29, 0.717) is 18.7 Å². The van der Waals surface area contributed by atoms with Gasteiger partial charge in [-0.25, -0.2) is 18.6 Å². The van der Waals surface area contributed by atoms with Gasteiger partial charge in [0.2, 0.25) is 0 Å². The number of amides is 2. The normalized spacial score (nSPS) is 18.2. The van der Waals surface area contributed by atoms with E-state index in [1.807, 2.05) is 0 Å². The van der Waals surface area contributed by atoms with Crippen molar-refractivity contribution >= 4 is 17.6 Å². The van der Waals surface area contributed by atoms with Crippen LogP contribution in [0.3, 0.4) is 0 Å². The maximum absolute atomic E-state index is 13.2. The molecule has 8 heteroatoms. The van der Waals surface area contributed by atoms with E-state index in [0.717, 1.165) is 4.90 Å². The van der Waals surface area contributed by atoms with Crippen LogP contribution in [0.5, 0.6) is 0 Å². The molecule has 0 atom stereocenters. The fourth-order valence-electron chi connectivity index (χ4n) is 1.88. The number of carbonyl (C=O) groups is 1. The van der Waals surface area contributed by atoms with Gasteiger partial charge < -0.3 is 10.2 Å². The second-order valence-electron chi connectivity index (χ2n) is 4.33. The van der Waals surface area contributed by atoms with E-state index < -0.39 is 18.5 Å². The van der Waals surface area contributed by atoms with Gasteiger partial charge in [0.05, 0.1) is 18.8 Å².